The van der Waals surface area contributed by atoms with Gasteiger partial charge in [0.1, 0.15) is 5.75 Å². The van der Waals surface area contributed by atoms with Gasteiger partial charge in [0.25, 0.3) is 0 Å². The van der Waals surface area contributed by atoms with E-state index in [1.807, 2.05) is 72.5 Å². The predicted octanol–water partition coefficient (Wildman–Crippen LogP) is 3.74. The second kappa shape index (κ2) is 9.59. The van der Waals surface area contributed by atoms with Gasteiger partial charge in [0.2, 0.25) is 11.8 Å². The highest BCUT2D eigenvalue weighted by Crippen LogP contribution is 2.37. The summed E-state index contributed by atoms with van der Waals surface area (Å²) in [5, 5.41) is 0. The van der Waals surface area contributed by atoms with Crippen LogP contribution in [0.1, 0.15) is 44.1 Å². The zero-order chi connectivity index (χ0) is 20.7. The van der Waals surface area contributed by atoms with E-state index in [0.29, 0.717) is 32.5 Å². The average molecular weight is 395 g/mol. The molecule has 2 aromatic rings. The molecular formula is C24H30N2O3. The molecule has 2 aromatic carbocycles. The molecule has 29 heavy (non-hydrogen) atoms. The van der Waals surface area contributed by atoms with E-state index < -0.39 is 0 Å². The van der Waals surface area contributed by atoms with Gasteiger partial charge in [0.05, 0.1) is 12.5 Å². The van der Waals surface area contributed by atoms with Crippen molar-refractivity contribution in [3.63, 3.8) is 0 Å². The normalized spacial score (nSPS) is 16.8. The Morgan fingerprint density at radius 2 is 1.62 bits per heavy atom. The zero-order valence-corrected chi connectivity index (χ0v) is 17.0. The van der Waals surface area contributed by atoms with Gasteiger partial charge < -0.3 is 15.4 Å². The number of rotatable bonds is 8. The fourth-order valence-electron chi connectivity index (χ4n) is 4.15. The van der Waals surface area contributed by atoms with Crippen LogP contribution in [0.2, 0.25) is 0 Å². The monoisotopic (exact) mass is 394 g/mol. The lowest BCUT2D eigenvalue weighted by Gasteiger charge is -2.42. The minimum Gasteiger partial charge on any atom is -0.493 e. The van der Waals surface area contributed by atoms with Crippen LogP contribution in [-0.2, 0) is 9.59 Å². The Morgan fingerprint density at radius 1 is 1.03 bits per heavy atom. The second-order valence-corrected chi connectivity index (χ2v) is 7.94. The summed E-state index contributed by atoms with van der Waals surface area (Å²) in [6, 6.07) is 19.5. The fraction of sp³-hybridized carbons (Fsp3) is 0.417. The third kappa shape index (κ3) is 5.37. The quantitative estimate of drug-likeness (QED) is 0.741. The van der Waals surface area contributed by atoms with Crippen LogP contribution in [0.3, 0.4) is 0 Å². The highest BCUT2D eigenvalue weighted by Gasteiger charge is 2.39. The highest BCUT2D eigenvalue weighted by atomic mass is 16.5. The topological polar surface area (TPSA) is 72.6 Å². The molecule has 1 atom stereocenters. The van der Waals surface area contributed by atoms with E-state index in [9.17, 15) is 9.59 Å². The molecule has 1 fully saturated rings. The van der Waals surface area contributed by atoms with Gasteiger partial charge >= 0.3 is 0 Å². The number of primary amides is 1. The maximum absolute atomic E-state index is 13.1. The molecule has 0 spiro atoms. The van der Waals surface area contributed by atoms with Gasteiger partial charge in [-0.05, 0) is 37.0 Å². The Hall–Kier alpha value is -2.82. The largest absolute Gasteiger partial charge is 0.493 e. The number of likely N-dealkylation sites (tertiary alicyclic amines) is 1. The van der Waals surface area contributed by atoms with Crippen molar-refractivity contribution >= 4 is 11.8 Å². The van der Waals surface area contributed by atoms with Crippen molar-refractivity contribution in [3.8, 4) is 5.75 Å². The molecule has 1 aliphatic rings. The molecule has 2 amide bonds. The van der Waals surface area contributed by atoms with Crippen LogP contribution < -0.4 is 10.5 Å². The van der Waals surface area contributed by atoms with Gasteiger partial charge in [-0.1, -0.05) is 55.5 Å². The average Bonchev–Trinajstić information content (AvgIpc) is 2.74. The molecule has 0 radical (unpaired) electrons. The number of carbonyl (C=O) groups is 2. The highest BCUT2D eigenvalue weighted by molar-refractivity contribution is 5.84. The number of carbonyl (C=O) groups excluding carboxylic acids is 2. The third-order valence-corrected chi connectivity index (χ3v) is 5.88. The Bertz CT molecular complexity index is 799. The number of amides is 2. The number of hydrogen-bond donors (Lipinski definition) is 1. The van der Waals surface area contributed by atoms with Crippen molar-refractivity contribution < 1.29 is 14.3 Å². The van der Waals surface area contributed by atoms with E-state index in [-0.39, 0.29) is 29.6 Å². The summed E-state index contributed by atoms with van der Waals surface area (Å²) < 4.78 is 5.97. The van der Waals surface area contributed by atoms with E-state index in [0.717, 1.165) is 17.7 Å². The van der Waals surface area contributed by atoms with Crippen LogP contribution in [0, 0.1) is 5.41 Å². The van der Waals surface area contributed by atoms with Crippen molar-refractivity contribution in [1.29, 1.82) is 0 Å². The first-order chi connectivity index (χ1) is 14.0. The maximum atomic E-state index is 13.1. The third-order valence-electron chi connectivity index (χ3n) is 5.88. The molecule has 0 bridgehead atoms. The molecule has 1 unspecified atom stereocenters. The molecule has 154 valence electrons. The standard InChI is InChI=1S/C24H30N2O3/c1-2-21(19-9-5-3-6-10-19)23(28)26-15-13-24(14-16-26,17-22(25)27)18-29-20-11-7-4-8-12-20/h3-12,21H,2,13-18H2,1H3,(H2,25,27). The van der Waals surface area contributed by atoms with Gasteiger partial charge in [-0.2, -0.15) is 0 Å². The van der Waals surface area contributed by atoms with Crippen molar-refractivity contribution in [1.82, 2.24) is 4.90 Å². The molecule has 5 nitrogen and oxygen atoms in total. The SMILES string of the molecule is CCC(C(=O)N1CCC(COc2ccccc2)(CC(N)=O)CC1)c1ccccc1. The van der Waals surface area contributed by atoms with E-state index in [1.165, 1.54) is 0 Å². The lowest BCUT2D eigenvalue weighted by atomic mass is 9.75. The van der Waals surface area contributed by atoms with Crippen LogP contribution in [0.5, 0.6) is 5.75 Å². The van der Waals surface area contributed by atoms with Crippen LogP contribution >= 0.6 is 0 Å². The fourth-order valence-corrected chi connectivity index (χ4v) is 4.15. The second-order valence-electron chi connectivity index (χ2n) is 7.94. The van der Waals surface area contributed by atoms with Crippen molar-refractivity contribution in [2.24, 2.45) is 11.1 Å². The van der Waals surface area contributed by atoms with E-state index in [4.69, 9.17) is 10.5 Å². The first kappa shape index (κ1) is 20.9. The molecule has 1 heterocycles. The molecule has 1 aliphatic heterocycles. The molecule has 3 rings (SSSR count). The Labute approximate surface area is 172 Å². The van der Waals surface area contributed by atoms with Gasteiger partial charge in [-0.3, -0.25) is 9.59 Å². The summed E-state index contributed by atoms with van der Waals surface area (Å²) in [6.07, 6.45) is 2.46. The molecule has 2 N–H and O–H groups in total. The minimum atomic E-state index is -0.326. The minimum absolute atomic E-state index is 0.125. The number of hydrogen-bond acceptors (Lipinski definition) is 3. The summed E-state index contributed by atoms with van der Waals surface area (Å²) in [6.45, 7) is 3.71. The Balaban J connectivity index is 1.66. The Kier molecular flexibility index (Phi) is 6.91. The van der Waals surface area contributed by atoms with E-state index >= 15 is 0 Å². The van der Waals surface area contributed by atoms with Gasteiger partial charge in [-0.25, -0.2) is 0 Å². The summed E-state index contributed by atoms with van der Waals surface area (Å²) in [4.78, 5) is 26.8. The summed E-state index contributed by atoms with van der Waals surface area (Å²) in [7, 11) is 0. The van der Waals surface area contributed by atoms with Gasteiger partial charge in [0.15, 0.2) is 0 Å². The van der Waals surface area contributed by atoms with E-state index in [1.54, 1.807) is 0 Å². The summed E-state index contributed by atoms with van der Waals surface area (Å²) in [5.74, 6) is 0.498. The van der Waals surface area contributed by atoms with Gasteiger partial charge in [-0.15, -0.1) is 0 Å². The van der Waals surface area contributed by atoms with Gasteiger partial charge in [0, 0.05) is 24.9 Å². The smallest absolute Gasteiger partial charge is 0.230 e. The number of nitrogens with zero attached hydrogens (tertiary/aromatic N) is 1. The number of ether oxygens (including phenoxy) is 1. The molecule has 0 saturated carbocycles. The number of para-hydroxylation sites is 1. The molecule has 0 aromatic heterocycles. The molecule has 0 aliphatic carbocycles. The van der Waals surface area contributed by atoms with Crippen LogP contribution in [0.25, 0.3) is 0 Å². The summed E-state index contributed by atoms with van der Waals surface area (Å²) >= 11 is 0. The van der Waals surface area contributed by atoms with Crippen LogP contribution in [0.4, 0.5) is 0 Å². The van der Waals surface area contributed by atoms with Crippen LogP contribution in [-0.4, -0.2) is 36.4 Å². The lowest BCUT2D eigenvalue weighted by molar-refractivity contribution is -0.136. The predicted molar refractivity (Wildman–Crippen MR) is 113 cm³/mol. The first-order valence-corrected chi connectivity index (χ1v) is 10.3. The number of nitrogens with two attached hydrogens (primary N) is 1. The summed E-state index contributed by atoms with van der Waals surface area (Å²) in [5.41, 5.74) is 6.27. The maximum Gasteiger partial charge on any atom is 0.230 e. The zero-order valence-electron chi connectivity index (χ0n) is 17.0. The molecule has 5 heteroatoms. The van der Waals surface area contributed by atoms with Crippen LogP contribution in [0.15, 0.2) is 60.7 Å². The molecular weight excluding hydrogens is 364 g/mol. The first-order valence-electron chi connectivity index (χ1n) is 10.3. The van der Waals surface area contributed by atoms with Crippen molar-refractivity contribution in [2.45, 2.75) is 38.5 Å². The van der Waals surface area contributed by atoms with Crippen molar-refractivity contribution in [2.75, 3.05) is 19.7 Å². The molecule has 1 saturated heterocycles. The van der Waals surface area contributed by atoms with Crippen molar-refractivity contribution in [3.05, 3.63) is 66.2 Å². The lowest BCUT2D eigenvalue weighted by Crippen LogP contribution is -2.48. The number of benzene rings is 2. The Morgan fingerprint density at radius 3 is 2.17 bits per heavy atom. The number of piperidine rings is 1. The van der Waals surface area contributed by atoms with E-state index in [2.05, 4.69) is 0 Å².